The van der Waals surface area contributed by atoms with Crippen LogP contribution in [0, 0.1) is 5.82 Å². The maximum Gasteiger partial charge on any atom is 0.230 e. The van der Waals surface area contributed by atoms with Gasteiger partial charge in [-0.1, -0.05) is 6.92 Å². The van der Waals surface area contributed by atoms with E-state index in [1.165, 1.54) is 30.0 Å². The third kappa shape index (κ3) is 4.56. The summed E-state index contributed by atoms with van der Waals surface area (Å²) in [5.74, 6) is -0.187. The van der Waals surface area contributed by atoms with E-state index in [1.807, 2.05) is 20.8 Å². The first-order valence-electron chi connectivity index (χ1n) is 5.83. The summed E-state index contributed by atoms with van der Waals surface area (Å²) in [7, 11) is 0. The van der Waals surface area contributed by atoms with Crippen molar-refractivity contribution in [2.24, 2.45) is 0 Å². The molecule has 0 aliphatic carbocycles. The van der Waals surface area contributed by atoms with Crippen molar-refractivity contribution in [3.63, 3.8) is 0 Å². The highest BCUT2D eigenvalue weighted by atomic mass is 32.2. The number of hydrogen-bond donors (Lipinski definition) is 2. The molecule has 0 heterocycles. The third-order valence-electron chi connectivity index (χ3n) is 2.70. The van der Waals surface area contributed by atoms with Gasteiger partial charge < -0.3 is 11.1 Å². The lowest BCUT2D eigenvalue weighted by atomic mass is 10.0. The number of anilines is 1. The molecule has 0 saturated heterocycles. The Morgan fingerprint density at radius 2 is 2.17 bits per heavy atom. The molecule has 0 saturated carbocycles. The van der Waals surface area contributed by atoms with Crippen LogP contribution >= 0.6 is 11.8 Å². The lowest BCUT2D eigenvalue weighted by Gasteiger charge is -2.24. The molecule has 18 heavy (non-hydrogen) atoms. The summed E-state index contributed by atoms with van der Waals surface area (Å²) < 4.78 is 13.0. The maximum absolute atomic E-state index is 13.0. The van der Waals surface area contributed by atoms with Gasteiger partial charge in [0.15, 0.2) is 0 Å². The summed E-state index contributed by atoms with van der Waals surface area (Å²) in [6.45, 7) is 5.94. The first kappa shape index (κ1) is 14.8. The number of halogens is 1. The second-order valence-corrected chi connectivity index (χ2v) is 5.77. The van der Waals surface area contributed by atoms with Gasteiger partial charge >= 0.3 is 0 Å². The SMILES string of the molecule is CCC(C)(C)NC(=O)CSc1cc(F)ccc1N. The quantitative estimate of drug-likeness (QED) is 0.639. The van der Waals surface area contributed by atoms with Crippen molar-refractivity contribution >= 4 is 23.4 Å². The number of benzene rings is 1. The summed E-state index contributed by atoms with van der Waals surface area (Å²) in [6, 6.07) is 4.16. The Hall–Kier alpha value is -1.23. The van der Waals surface area contributed by atoms with E-state index in [0.717, 1.165) is 6.42 Å². The lowest BCUT2D eigenvalue weighted by Crippen LogP contribution is -2.43. The average Bonchev–Trinajstić information content (AvgIpc) is 2.30. The number of nitrogens with two attached hydrogens (primary N) is 1. The molecule has 5 heteroatoms. The molecule has 1 amide bonds. The van der Waals surface area contributed by atoms with Gasteiger partial charge in [-0.15, -0.1) is 11.8 Å². The summed E-state index contributed by atoms with van der Waals surface area (Å²) in [5, 5.41) is 2.92. The molecule has 3 N–H and O–H groups in total. The number of nitrogen functional groups attached to an aromatic ring is 1. The van der Waals surface area contributed by atoms with Crippen LogP contribution in [0.15, 0.2) is 23.1 Å². The van der Waals surface area contributed by atoms with E-state index in [1.54, 1.807) is 0 Å². The highest BCUT2D eigenvalue weighted by molar-refractivity contribution is 8.00. The summed E-state index contributed by atoms with van der Waals surface area (Å²) in [5.41, 5.74) is 5.98. The fraction of sp³-hybridized carbons (Fsp3) is 0.462. The van der Waals surface area contributed by atoms with Gasteiger partial charge in [-0.3, -0.25) is 4.79 Å². The van der Waals surface area contributed by atoms with Crippen molar-refractivity contribution in [1.29, 1.82) is 0 Å². The number of thioether (sulfide) groups is 1. The Bertz CT molecular complexity index is 435. The van der Waals surface area contributed by atoms with Gasteiger partial charge in [-0.2, -0.15) is 0 Å². The summed E-state index contributed by atoms with van der Waals surface area (Å²) >= 11 is 1.24. The monoisotopic (exact) mass is 270 g/mol. The molecule has 1 rings (SSSR count). The topological polar surface area (TPSA) is 55.1 Å². The Kier molecular flexibility index (Phi) is 5.02. The molecule has 1 aromatic rings. The number of nitrogens with one attached hydrogen (secondary N) is 1. The normalized spacial score (nSPS) is 11.3. The Labute approximate surface area is 111 Å². The summed E-state index contributed by atoms with van der Waals surface area (Å²) in [4.78, 5) is 12.3. The van der Waals surface area contributed by atoms with Crippen LogP contribution in [0.2, 0.25) is 0 Å². The molecule has 0 spiro atoms. The fourth-order valence-electron chi connectivity index (χ4n) is 1.28. The maximum atomic E-state index is 13.0. The van der Waals surface area contributed by atoms with Crippen molar-refractivity contribution in [3.05, 3.63) is 24.0 Å². The van der Waals surface area contributed by atoms with Gasteiger partial charge in [0.2, 0.25) is 5.91 Å². The van der Waals surface area contributed by atoms with E-state index in [0.29, 0.717) is 10.6 Å². The molecule has 0 radical (unpaired) electrons. The van der Waals surface area contributed by atoms with Crippen molar-refractivity contribution in [3.8, 4) is 0 Å². The minimum atomic E-state index is -0.346. The van der Waals surface area contributed by atoms with Gasteiger partial charge in [0, 0.05) is 16.1 Å². The number of amides is 1. The predicted molar refractivity (Wildman–Crippen MR) is 74.0 cm³/mol. The van der Waals surface area contributed by atoms with Crippen LogP contribution in [-0.2, 0) is 4.79 Å². The van der Waals surface area contributed by atoms with Crippen LogP contribution in [0.3, 0.4) is 0 Å². The number of carbonyl (C=O) groups is 1. The van der Waals surface area contributed by atoms with Gasteiger partial charge in [-0.05, 0) is 38.5 Å². The first-order valence-corrected chi connectivity index (χ1v) is 6.81. The summed E-state index contributed by atoms with van der Waals surface area (Å²) in [6.07, 6.45) is 0.853. The van der Waals surface area contributed by atoms with E-state index in [-0.39, 0.29) is 23.0 Å². The highest BCUT2D eigenvalue weighted by Crippen LogP contribution is 2.25. The molecule has 0 aliphatic rings. The molecular weight excluding hydrogens is 251 g/mol. The Balaban J connectivity index is 2.55. The molecule has 100 valence electrons. The van der Waals surface area contributed by atoms with Crippen molar-refractivity contribution in [2.45, 2.75) is 37.6 Å². The van der Waals surface area contributed by atoms with Crippen molar-refractivity contribution in [1.82, 2.24) is 5.32 Å². The van der Waals surface area contributed by atoms with E-state index in [2.05, 4.69) is 5.32 Å². The van der Waals surface area contributed by atoms with E-state index in [9.17, 15) is 9.18 Å². The Morgan fingerprint density at radius 3 is 2.78 bits per heavy atom. The standard InChI is InChI=1S/C13H19FN2OS/c1-4-13(2,3)16-12(17)8-18-11-7-9(14)5-6-10(11)15/h5-7H,4,8,15H2,1-3H3,(H,16,17). The van der Waals surface area contributed by atoms with Crippen LogP contribution < -0.4 is 11.1 Å². The largest absolute Gasteiger partial charge is 0.398 e. The smallest absolute Gasteiger partial charge is 0.230 e. The van der Waals surface area contributed by atoms with Crippen LogP contribution in [-0.4, -0.2) is 17.2 Å². The number of rotatable bonds is 5. The van der Waals surface area contributed by atoms with Gasteiger partial charge in [-0.25, -0.2) is 4.39 Å². The van der Waals surface area contributed by atoms with Crippen molar-refractivity contribution < 1.29 is 9.18 Å². The molecule has 3 nitrogen and oxygen atoms in total. The molecule has 0 atom stereocenters. The second-order valence-electron chi connectivity index (χ2n) is 4.76. The van der Waals surface area contributed by atoms with Gasteiger partial charge in [0.1, 0.15) is 5.82 Å². The third-order valence-corrected chi connectivity index (χ3v) is 3.77. The second kappa shape index (κ2) is 6.09. The van der Waals surface area contributed by atoms with Gasteiger partial charge in [0.05, 0.1) is 5.75 Å². The zero-order valence-electron chi connectivity index (χ0n) is 10.9. The molecule has 0 aromatic heterocycles. The molecule has 0 unspecified atom stereocenters. The van der Waals surface area contributed by atoms with E-state index < -0.39 is 0 Å². The predicted octanol–water partition coefficient (Wildman–Crippen LogP) is 2.80. The lowest BCUT2D eigenvalue weighted by molar-refractivity contribution is -0.120. The first-order chi connectivity index (χ1) is 8.34. The minimum Gasteiger partial charge on any atom is -0.398 e. The highest BCUT2D eigenvalue weighted by Gasteiger charge is 2.17. The van der Waals surface area contributed by atoms with E-state index in [4.69, 9.17) is 5.73 Å². The van der Waals surface area contributed by atoms with Crippen LogP contribution in [0.5, 0.6) is 0 Å². The molecular formula is C13H19FN2OS. The molecule has 1 aromatic carbocycles. The van der Waals surface area contributed by atoms with Crippen LogP contribution in [0.25, 0.3) is 0 Å². The van der Waals surface area contributed by atoms with Gasteiger partial charge in [0.25, 0.3) is 0 Å². The number of hydrogen-bond acceptors (Lipinski definition) is 3. The zero-order valence-corrected chi connectivity index (χ0v) is 11.7. The zero-order chi connectivity index (χ0) is 13.8. The Morgan fingerprint density at radius 1 is 1.50 bits per heavy atom. The molecule has 0 aliphatic heterocycles. The van der Waals surface area contributed by atoms with Crippen LogP contribution in [0.4, 0.5) is 10.1 Å². The van der Waals surface area contributed by atoms with E-state index >= 15 is 0 Å². The van der Waals surface area contributed by atoms with Crippen molar-refractivity contribution in [2.75, 3.05) is 11.5 Å². The fourth-order valence-corrected chi connectivity index (χ4v) is 2.07. The molecule has 0 bridgehead atoms. The number of carbonyl (C=O) groups excluding carboxylic acids is 1. The average molecular weight is 270 g/mol. The van der Waals surface area contributed by atoms with Crippen LogP contribution in [0.1, 0.15) is 27.2 Å². The minimum absolute atomic E-state index is 0.0736. The molecule has 0 fully saturated rings.